The number of amides is 2. The van der Waals surface area contributed by atoms with Crippen LogP contribution in [0.1, 0.15) is 42.0 Å². The summed E-state index contributed by atoms with van der Waals surface area (Å²) in [5.74, 6) is -0.533. The van der Waals surface area contributed by atoms with E-state index in [0.29, 0.717) is 28.7 Å². The Balaban J connectivity index is 1.89. The van der Waals surface area contributed by atoms with Crippen LogP contribution in [0.2, 0.25) is 10.0 Å². The molecule has 0 unspecified atom stereocenters. The van der Waals surface area contributed by atoms with E-state index < -0.39 is 16.1 Å². The van der Waals surface area contributed by atoms with E-state index in [1.54, 1.807) is 23.1 Å². The lowest BCUT2D eigenvalue weighted by molar-refractivity contribution is -0.141. The second-order valence-corrected chi connectivity index (χ2v) is 12.9. The van der Waals surface area contributed by atoms with Gasteiger partial charge in [-0.25, -0.2) is 8.42 Å². The van der Waals surface area contributed by atoms with E-state index in [9.17, 15) is 18.0 Å². The number of carbonyl (C=O) groups excluding carboxylic acids is 2. The predicted molar refractivity (Wildman–Crippen MR) is 167 cm³/mol. The Morgan fingerprint density at radius 3 is 2.15 bits per heavy atom. The average molecular weight is 619 g/mol. The summed E-state index contributed by atoms with van der Waals surface area (Å²) in [6.45, 7) is 6.33. The van der Waals surface area contributed by atoms with E-state index >= 15 is 0 Å². The fourth-order valence-electron chi connectivity index (χ4n) is 4.78. The number of carbonyl (C=O) groups is 2. The fourth-order valence-corrected chi connectivity index (χ4v) is 6.05. The lowest BCUT2D eigenvalue weighted by atomic mass is 10.0. The highest BCUT2D eigenvalue weighted by atomic mass is 35.5. The number of likely N-dealkylation sites (N-methyl/N-ethyl adjacent to an activating group) is 1. The lowest BCUT2D eigenvalue weighted by Crippen LogP contribution is -2.50. The quantitative estimate of drug-likeness (QED) is 0.257. The predicted octanol–water partition coefficient (Wildman–Crippen LogP) is 5.93. The number of rotatable bonds is 13. The van der Waals surface area contributed by atoms with Crippen LogP contribution in [0.5, 0.6) is 0 Å². The summed E-state index contributed by atoms with van der Waals surface area (Å²) in [4.78, 5) is 28.7. The molecule has 2 amide bonds. The van der Waals surface area contributed by atoms with E-state index in [2.05, 4.69) is 5.32 Å². The molecule has 3 rings (SSSR count). The first-order valence-electron chi connectivity index (χ1n) is 13.5. The monoisotopic (exact) mass is 617 g/mol. The molecule has 1 N–H and O–H groups in total. The lowest BCUT2D eigenvalue weighted by Gasteiger charge is -2.32. The molecule has 0 aliphatic heterocycles. The second-order valence-electron chi connectivity index (χ2n) is 10.2. The number of hydrogen-bond donors (Lipinski definition) is 1. The molecular weight excluding hydrogens is 581 g/mol. The van der Waals surface area contributed by atoms with Gasteiger partial charge in [0.05, 0.1) is 22.0 Å². The van der Waals surface area contributed by atoms with E-state index in [1.165, 1.54) is 4.31 Å². The molecule has 0 aromatic heterocycles. The minimum absolute atomic E-state index is 0.0445. The molecule has 0 aliphatic rings. The van der Waals surface area contributed by atoms with Crippen molar-refractivity contribution in [3.63, 3.8) is 0 Å². The summed E-state index contributed by atoms with van der Waals surface area (Å²) in [6.07, 6.45) is 1.79. The van der Waals surface area contributed by atoms with Gasteiger partial charge in [0.15, 0.2) is 0 Å². The van der Waals surface area contributed by atoms with Crippen LogP contribution in [-0.4, -0.2) is 50.5 Å². The minimum atomic E-state index is -3.59. The maximum absolute atomic E-state index is 13.8. The molecule has 3 aromatic rings. The van der Waals surface area contributed by atoms with Crippen molar-refractivity contribution >= 4 is 50.7 Å². The Morgan fingerprint density at radius 1 is 0.902 bits per heavy atom. The summed E-state index contributed by atoms with van der Waals surface area (Å²) in [7, 11) is -3.59. The Morgan fingerprint density at radius 2 is 1.56 bits per heavy atom. The van der Waals surface area contributed by atoms with Crippen LogP contribution in [0.3, 0.4) is 0 Å². The van der Waals surface area contributed by atoms with Gasteiger partial charge in [-0.2, -0.15) is 0 Å². The van der Waals surface area contributed by atoms with Gasteiger partial charge in [0.25, 0.3) is 0 Å². The molecular formula is C31H37Cl2N3O4S. The average Bonchev–Trinajstić information content (AvgIpc) is 2.90. The topological polar surface area (TPSA) is 86.8 Å². The summed E-state index contributed by atoms with van der Waals surface area (Å²) in [5, 5.41) is 3.61. The summed E-state index contributed by atoms with van der Waals surface area (Å²) in [5.41, 5.74) is 4.10. The number of halogens is 2. The molecule has 7 nitrogen and oxygen atoms in total. The van der Waals surface area contributed by atoms with Crippen LogP contribution in [0.4, 0.5) is 5.69 Å². The molecule has 0 fully saturated rings. The molecule has 0 aliphatic carbocycles. The SMILES string of the molecule is CCNC(=O)[C@@H](Cc1ccccc1)N(Cc1ccc(Cl)c(Cl)c1)C(=O)CCCN(c1cc(C)cc(C)c1)S(C)(=O)=O. The van der Waals surface area contributed by atoms with Crippen molar-refractivity contribution in [3.05, 3.63) is 99.0 Å². The highest BCUT2D eigenvalue weighted by Crippen LogP contribution is 2.25. The molecule has 0 spiro atoms. The Kier molecular flexibility index (Phi) is 11.6. The van der Waals surface area contributed by atoms with Gasteiger partial charge in [0.1, 0.15) is 6.04 Å². The molecule has 10 heteroatoms. The first-order chi connectivity index (χ1) is 19.4. The van der Waals surface area contributed by atoms with Crippen molar-refractivity contribution in [2.24, 2.45) is 0 Å². The van der Waals surface area contributed by atoms with E-state index in [1.807, 2.05) is 69.3 Å². The second kappa shape index (κ2) is 14.7. The summed E-state index contributed by atoms with van der Waals surface area (Å²) < 4.78 is 26.7. The van der Waals surface area contributed by atoms with Gasteiger partial charge in [-0.3, -0.25) is 13.9 Å². The number of benzene rings is 3. The van der Waals surface area contributed by atoms with Crippen LogP contribution in [0.25, 0.3) is 0 Å². The van der Waals surface area contributed by atoms with Gasteiger partial charge in [-0.15, -0.1) is 0 Å². The maximum atomic E-state index is 13.8. The largest absolute Gasteiger partial charge is 0.355 e. The number of sulfonamides is 1. The Bertz CT molecular complexity index is 1450. The Hall–Kier alpha value is -3.07. The number of nitrogens with one attached hydrogen (secondary N) is 1. The number of aryl methyl sites for hydroxylation is 2. The van der Waals surface area contributed by atoms with E-state index in [4.69, 9.17) is 23.2 Å². The molecule has 0 saturated heterocycles. The maximum Gasteiger partial charge on any atom is 0.243 e. The number of anilines is 1. The van der Waals surface area contributed by atoms with Crippen molar-refractivity contribution in [2.45, 2.75) is 52.6 Å². The molecule has 220 valence electrons. The zero-order valence-electron chi connectivity index (χ0n) is 23.9. The Labute approximate surface area is 253 Å². The first kappa shape index (κ1) is 32.4. The van der Waals surface area contributed by atoms with Gasteiger partial charge in [-0.1, -0.05) is 65.7 Å². The third-order valence-electron chi connectivity index (χ3n) is 6.61. The standard InChI is InChI=1S/C31H37Cl2N3O4S/c1-5-34-31(38)29(20-24-10-7-6-8-11-24)35(21-25-13-14-27(32)28(33)19-25)30(37)12-9-15-36(41(4,39)40)26-17-22(2)16-23(3)18-26/h6-8,10-11,13-14,16-19,29H,5,9,12,15,20-21H2,1-4H3,(H,34,38)/t29-/m1/s1. The summed E-state index contributed by atoms with van der Waals surface area (Å²) >= 11 is 12.4. The van der Waals surface area contributed by atoms with Crippen molar-refractivity contribution in [3.8, 4) is 0 Å². The summed E-state index contributed by atoms with van der Waals surface area (Å²) in [6, 6.07) is 19.5. The van der Waals surface area contributed by atoms with E-state index in [0.717, 1.165) is 28.5 Å². The highest BCUT2D eigenvalue weighted by molar-refractivity contribution is 7.92. The zero-order chi connectivity index (χ0) is 30.2. The van der Waals surface area contributed by atoms with Crippen molar-refractivity contribution in [1.82, 2.24) is 10.2 Å². The van der Waals surface area contributed by atoms with Crippen molar-refractivity contribution < 1.29 is 18.0 Å². The molecule has 41 heavy (non-hydrogen) atoms. The molecule has 0 bridgehead atoms. The van der Waals surface area contributed by atoms with Gasteiger partial charge in [-0.05, 0) is 73.7 Å². The van der Waals surface area contributed by atoms with Crippen LogP contribution >= 0.6 is 23.2 Å². The normalized spacial score (nSPS) is 12.0. The van der Waals surface area contributed by atoms with Crippen molar-refractivity contribution in [1.29, 1.82) is 0 Å². The molecule has 0 saturated carbocycles. The van der Waals surface area contributed by atoms with Gasteiger partial charge >= 0.3 is 0 Å². The van der Waals surface area contributed by atoms with E-state index in [-0.39, 0.29) is 37.7 Å². The van der Waals surface area contributed by atoms with Crippen LogP contribution in [-0.2, 0) is 32.6 Å². The number of hydrogen-bond acceptors (Lipinski definition) is 4. The van der Waals surface area contributed by atoms with Gasteiger partial charge < -0.3 is 10.2 Å². The third kappa shape index (κ3) is 9.48. The molecule has 0 heterocycles. The molecule has 0 radical (unpaired) electrons. The minimum Gasteiger partial charge on any atom is -0.355 e. The van der Waals surface area contributed by atoms with Gasteiger partial charge in [0, 0.05) is 32.5 Å². The van der Waals surface area contributed by atoms with Crippen LogP contribution < -0.4 is 9.62 Å². The van der Waals surface area contributed by atoms with Crippen LogP contribution in [0.15, 0.2) is 66.7 Å². The van der Waals surface area contributed by atoms with Crippen LogP contribution in [0, 0.1) is 13.8 Å². The molecule has 3 aromatic carbocycles. The zero-order valence-corrected chi connectivity index (χ0v) is 26.2. The van der Waals surface area contributed by atoms with Crippen molar-refractivity contribution in [2.75, 3.05) is 23.7 Å². The molecule has 1 atom stereocenters. The fraction of sp³-hybridized carbons (Fsp3) is 0.355. The number of nitrogens with zero attached hydrogens (tertiary/aromatic N) is 2. The first-order valence-corrected chi connectivity index (χ1v) is 16.1. The third-order valence-corrected chi connectivity index (χ3v) is 8.54. The highest BCUT2D eigenvalue weighted by Gasteiger charge is 2.30. The smallest absolute Gasteiger partial charge is 0.243 e. The van der Waals surface area contributed by atoms with Gasteiger partial charge in [0.2, 0.25) is 21.8 Å².